The topological polar surface area (TPSA) is 53.9 Å². The van der Waals surface area contributed by atoms with Crippen LogP contribution in [0, 0.1) is 0 Å². The lowest BCUT2D eigenvalue weighted by molar-refractivity contribution is -0.136. The van der Waals surface area contributed by atoms with Crippen LogP contribution in [0.1, 0.15) is 13.8 Å². The fourth-order valence-corrected chi connectivity index (χ4v) is 0.896. The molecule has 0 atom stereocenters. The molecule has 0 amide bonds. The Balaban J connectivity index is 4.88. The van der Waals surface area contributed by atoms with Crippen molar-refractivity contribution in [2.24, 2.45) is 5.10 Å². The molecule has 90 valence electrons. The fraction of sp³-hybridized carbons (Fsp3) is 0.500. The van der Waals surface area contributed by atoms with Gasteiger partial charge in [0.2, 0.25) is 0 Å². The smallest absolute Gasteiger partial charge is 0.333 e. The highest BCUT2D eigenvalue weighted by Gasteiger charge is 2.06. The lowest BCUT2D eigenvalue weighted by atomic mass is 10.2. The molecule has 0 aromatic carbocycles. The number of hydrazine groups is 1. The molecule has 6 heteroatoms. The Kier molecular flexibility index (Phi) is 6.52. The van der Waals surface area contributed by atoms with Crippen molar-refractivity contribution in [1.29, 1.82) is 0 Å². The number of nitrogens with one attached hydrogen (secondary N) is 1. The first-order valence-corrected chi connectivity index (χ1v) is 5.07. The minimum atomic E-state index is -0.395. The van der Waals surface area contributed by atoms with E-state index in [9.17, 15) is 4.79 Å². The van der Waals surface area contributed by atoms with E-state index in [1.165, 1.54) is 7.11 Å². The largest absolute Gasteiger partial charge is 0.466 e. The highest BCUT2D eigenvalue weighted by molar-refractivity contribution is 7.82. The van der Waals surface area contributed by atoms with Gasteiger partial charge in [-0.3, -0.25) is 0 Å². The number of esters is 1. The van der Waals surface area contributed by atoms with Crippen molar-refractivity contribution >= 4 is 28.8 Å². The summed E-state index contributed by atoms with van der Waals surface area (Å²) >= 11 is 5.02. The van der Waals surface area contributed by atoms with E-state index in [-0.39, 0.29) is 0 Å². The molecule has 0 aromatic heterocycles. The Morgan fingerprint density at radius 1 is 1.44 bits per heavy atom. The van der Waals surface area contributed by atoms with Crippen LogP contribution in [-0.2, 0) is 9.53 Å². The van der Waals surface area contributed by atoms with Crippen LogP contribution in [0.25, 0.3) is 0 Å². The third-order valence-corrected chi connectivity index (χ3v) is 1.80. The number of hydrogen-bond donors (Lipinski definition) is 1. The molecular weight excluding hydrogens is 226 g/mol. The maximum Gasteiger partial charge on any atom is 0.333 e. The van der Waals surface area contributed by atoms with Crippen LogP contribution in [0.5, 0.6) is 0 Å². The van der Waals surface area contributed by atoms with Gasteiger partial charge in [-0.05, 0) is 19.9 Å². The number of hydrogen-bond acceptors (Lipinski definition) is 6. The van der Waals surface area contributed by atoms with Gasteiger partial charge in [0, 0.05) is 24.5 Å². The SMILES string of the molecule is COC(=O)/C(C)=C/C(=NNN(C)C)C(C)=S. The van der Waals surface area contributed by atoms with Crippen LogP contribution in [0.3, 0.4) is 0 Å². The number of thiocarbonyl (C=S) groups is 1. The Labute approximate surface area is 101 Å². The second-order valence-electron chi connectivity index (χ2n) is 3.37. The monoisotopic (exact) mass is 243 g/mol. The predicted molar refractivity (Wildman–Crippen MR) is 68.3 cm³/mol. The second-order valence-corrected chi connectivity index (χ2v) is 3.98. The summed E-state index contributed by atoms with van der Waals surface area (Å²) < 4.78 is 4.58. The summed E-state index contributed by atoms with van der Waals surface area (Å²) in [6.45, 7) is 3.39. The third kappa shape index (κ3) is 5.57. The molecule has 0 aliphatic rings. The van der Waals surface area contributed by atoms with E-state index >= 15 is 0 Å². The number of hydrazone groups is 1. The number of rotatable bonds is 5. The van der Waals surface area contributed by atoms with Gasteiger partial charge in [0.1, 0.15) is 0 Å². The molecule has 1 N–H and O–H groups in total. The summed E-state index contributed by atoms with van der Waals surface area (Å²) in [6, 6.07) is 0. The Morgan fingerprint density at radius 2 is 2.00 bits per heavy atom. The molecule has 0 saturated heterocycles. The summed E-state index contributed by atoms with van der Waals surface area (Å²) in [5.41, 5.74) is 3.71. The number of carbonyl (C=O) groups is 1. The van der Waals surface area contributed by atoms with Crippen LogP contribution in [-0.4, -0.2) is 42.8 Å². The lowest BCUT2D eigenvalue weighted by Gasteiger charge is -2.09. The predicted octanol–water partition coefficient (Wildman–Crippen LogP) is 0.918. The fourth-order valence-electron chi connectivity index (χ4n) is 0.791. The number of nitrogens with zero attached hydrogens (tertiary/aromatic N) is 2. The number of carbonyl (C=O) groups excluding carboxylic acids is 1. The second kappa shape index (κ2) is 7.08. The number of allylic oxidation sites excluding steroid dienone is 1. The molecule has 0 aliphatic carbocycles. The van der Waals surface area contributed by atoms with Crippen molar-refractivity contribution in [2.75, 3.05) is 21.2 Å². The molecule has 0 aromatic rings. The van der Waals surface area contributed by atoms with Gasteiger partial charge in [-0.15, -0.1) is 0 Å². The molecule has 16 heavy (non-hydrogen) atoms. The highest BCUT2D eigenvalue weighted by atomic mass is 32.1. The van der Waals surface area contributed by atoms with Crippen LogP contribution in [0.2, 0.25) is 0 Å². The molecule has 5 nitrogen and oxygen atoms in total. The van der Waals surface area contributed by atoms with Crippen LogP contribution in [0.15, 0.2) is 16.8 Å². The van der Waals surface area contributed by atoms with Gasteiger partial charge in [0.25, 0.3) is 0 Å². The number of methoxy groups -OCH3 is 1. The summed E-state index contributed by atoms with van der Waals surface area (Å²) in [5, 5.41) is 5.71. The first-order chi connectivity index (χ1) is 7.38. The zero-order chi connectivity index (χ0) is 12.7. The first kappa shape index (κ1) is 14.7. The Bertz CT molecular complexity index is 335. The molecule has 0 fully saturated rings. The molecule has 0 radical (unpaired) electrons. The zero-order valence-electron chi connectivity index (χ0n) is 10.2. The molecule has 0 aliphatic heterocycles. The summed E-state index contributed by atoms with van der Waals surface area (Å²) in [4.78, 5) is 11.8. The third-order valence-electron chi connectivity index (χ3n) is 1.59. The number of ether oxygens (including phenoxy) is 1. The van der Waals surface area contributed by atoms with E-state index in [0.717, 1.165) is 0 Å². The highest BCUT2D eigenvalue weighted by Crippen LogP contribution is 1.98. The zero-order valence-corrected chi connectivity index (χ0v) is 11.0. The minimum Gasteiger partial charge on any atom is -0.466 e. The molecular formula is C10H17N3O2S. The van der Waals surface area contributed by atoms with Gasteiger partial charge >= 0.3 is 5.97 Å². The first-order valence-electron chi connectivity index (χ1n) is 4.66. The van der Waals surface area contributed by atoms with E-state index in [1.807, 2.05) is 0 Å². The maximum atomic E-state index is 11.2. The van der Waals surface area contributed by atoms with Crippen molar-refractivity contribution in [2.45, 2.75) is 13.8 Å². The Morgan fingerprint density at radius 3 is 2.38 bits per heavy atom. The summed E-state index contributed by atoms with van der Waals surface area (Å²) in [6.07, 6.45) is 1.59. The minimum absolute atomic E-state index is 0.395. The molecule has 0 heterocycles. The van der Waals surface area contributed by atoms with E-state index in [2.05, 4.69) is 15.4 Å². The van der Waals surface area contributed by atoms with Crippen LogP contribution in [0.4, 0.5) is 0 Å². The van der Waals surface area contributed by atoms with E-state index in [4.69, 9.17) is 12.2 Å². The summed E-state index contributed by atoms with van der Waals surface area (Å²) in [7, 11) is 4.94. The van der Waals surface area contributed by atoms with Crippen molar-refractivity contribution in [1.82, 2.24) is 10.5 Å². The van der Waals surface area contributed by atoms with E-state index < -0.39 is 5.97 Å². The quantitative estimate of drug-likeness (QED) is 0.256. The van der Waals surface area contributed by atoms with Gasteiger partial charge < -0.3 is 4.74 Å². The van der Waals surface area contributed by atoms with Crippen molar-refractivity contribution in [3.8, 4) is 0 Å². The van der Waals surface area contributed by atoms with Crippen molar-refractivity contribution in [3.05, 3.63) is 11.6 Å². The standard InChI is InChI=1S/C10H17N3O2S/c1-7(10(14)15-5)6-9(8(2)16)11-12-13(3)4/h6,12H,1-5H3/b7-6+,11-9?. The van der Waals surface area contributed by atoms with Gasteiger partial charge in [0.05, 0.1) is 12.8 Å². The van der Waals surface area contributed by atoms with E-state index in [0.29, 0.717) is 16.1 Å². The van der Waals surface area contributed by atoms with Gasteiger partial charge in [-0.1, -0.05) is 12.2 Å². The average Bonchev–Trinajstić information content (AvgIpc) is 2.21. The maximum absolute atomic E-state index is 11.2. The van der Waals surface area contributed by atoms with Gasteiger partial charge in [-0.25, -0.2) is 15.3 Å². The molecule has 0 saturated carbocycles. The van der Waals surface area contributed by atoms with E-state index in [1.54, 1.807) is 39.0 Å². The molecule has 0 rings (SSSR count). The van der Waals surface area contributed by atoms with Crippen molar-refractivity contribution < 1.29 is 9.53 Å². The van der Waals surface area contributed by atoms with Gasteiger partial charge in [0.15, 0.2) is 0 Å². The normalized spacial score (nSPS) is 12.6. The van der Waals surface area contributed by atoms with Crippen molar-refractivity contribution in [3.63, 3.8) is 0 Å². The lowest BCUT2D eigenvalue weighted by Crippen LogP contribution is -2.27. The van der Waals surface area contributed by atoms with Crippen LogP contribution >= 0.6 is 12.2 Å². The van der Waals surface area contributed by atoms with Crippen LogP contribution < -0.4 is 5.53 Å². The molecule has 0 unspecified atom stereocenters. The molecule has 0 spiro atoms. The summed E-state index contributed by atoms with van der Waals surface area (Å²) in [5.74, 6) is -0.395. The van der Waals surface area contributed by atoms with Gasteiger partial charge in [-0.2, -0.15) is 5.10 Å². The molecule has 0 bridgehead atoms. The Hall–Kier alpha value is -1.27. The average molecular weight is 243 g/mol.